The van der Waals surface area contributed by atoms with Crippen molar-refractivity contribution in [3.8, 4) is 11.5 Å². The lowest BCUT2D eigenvalue weighted by atomic mass is 10.1. The Hall–Kier alpha value is -1.26. The van der Waals surface area contributed by atoms with Gasteiger partial charge in [-0.1, -0.05) is 13.0 Å². The zero-order chi connectivity index (χ0) is 14.1. The van der Waals surface area contributed by atoms with Gasteiger partial charge in [-0.05, 0) is 26.0 Å². The third kappa shape index (κ3) is 5.49. The van der Waals surface area contributed by atoms with E-state index in [1.165, 1.54) is 6.42 Å². The molecule has 1 atom stereocenters. The first-order chi connectivity index (χ1) is 9.21. The summed E-state index contributed by atoms with van der Waals surface area (Å²) in [5.74, 6) is 1.68. The fourth-order valence-electron chi connectivity index (χ4n) is 1.85. The van der Waals surface area contributed by atoms with Crippen molar-refractivity contribution in [3.05, 3.63) is 23.8 Å². The molecule has 108 valence electrons. The highest BCUT2D eigenvalue weighted by Gasteiger charge is 2.06. The Kier molecular flexibility index (Phi) is 7.30. The summed E-state index contributed by atoms with van der Waals surface area (Å²) in [5.41, 5.74) is 1.14. The number of hydrogen-bond acceptors (Lipinski definition) is 4. The zero-order valence-corrected chi connectivity index (χ0v) is 12.5. The van der Waals surface area contributed by atoms with Crippen molar-refractivity contribution >= 4 is 0 Å². The highest BCUT2D eigenvalue weighted by Crippen LogP contribution is 2.24. The lowest BCUT2D eigenvalue weighted by molar-refractivity contribution is 0.388. The number of nitrogens with one attached hydrogen (secondary N) is 2. The Morgan fingerprint density at radius 2 is 2.00 bits per heavy atom. The van der Waals surface area contributed by atoms with E-state index >= 15 is 0 Å². The Morgan fingerprint density at radius 1 is 1.21 bits per heavy atom. The van der Waals surface area contributed by atoms with Crippen LogP contribution in [0.3, 0.4) is 0 Å². The molecule has 0 heterocycles. The minimum absolute atomic E-state index is 0.429. The fraction of sp³-hybridized carbons (Fsp3) is 0.600. The number of benzene rings is 1. The van der Waals surface area contributed by atoms with Gasteiger partial charge in [-0.15, -0.1) is 0 Å². The molecule has 0 aliphatic heterocycles. The maximum atomic E-state index is 5.38. The molecule has 19 heavy (non-hydrogen) atoms. The molecule has 1 aromatic rings. The lowest BCUT2D eigenvalue weighted by Gasteiger charge is -2.16. The molecule has 0 bridgehead atoms. The first kappa shape index (κ1) is 15.8. The van der Waals surface area contributed by atoms with Gasteiger partial charge in [0, 0.05) is 30.8 Å². The average molecular weight is 266 g/mol. The van der Waals surface area contributed by atoms with Crippen molar-refractivity contribution in [1.82, 2.24) is 10.6 Å². The van der Waals surface area contributed by atoms with E-state index in [0.29, 0.717) is 6.04 Å². The van der Waals surface area contributed by atoms with Crippen molar-refractivity contribution in [2.75, 3.05) is 27.3 Å². The molecule has 4 nitrogen and oxygen atoms in total. The molecule has 4 heteroatoms. The maximum Gasteiger partial charge on any atom is 0.127 e. The maximum absolute atomic E-state index is 5.38. The third-order valence-electron chi connectivity index (χ3n) is 3.01. The molecule has 0 amide bonds. The van der Waals surface area contributed by atoms with Crippen LogP contribution in [0.15, 0.2) is 18.2 Å². The van der Waals surface area contributed by atoms with Crippen LogP contribution in [-0.4, -0.2) is 33.4 Å². The second kappa shape index (κ2) is 8.77. The van der Waals surface area contributed by atoms with Gasteiger partial charge in [-0.25, -0.2) is 0 Å². The van der Waals surface area contributed by atoms with Gasteiger partial charge < -0.3 is 20.1 Å². The SMILES string of the molecule is CCCNCC(C)NCc1ccc(OC)cc1OC. The van der Waals surface area contributed by atoms with Gasteiger partial charge in [0.2, 0.25) is 0 Å². The quantitative estimate of drug-likeness (QED) is 0.672. The van der Waals surface area contributed by atoms with Crippen molar-refractivity contribution in [2.24, 2.45) is 0 Å². The van der Waals surface area contributed by atoms with Gasteiger partial charge in [0.1, 0.15) is 11.5 Å². The van der Waals surface area contributed by atoms with Crippen LogP contribution in [0.25, 0.3) is 0 Å². The molecule has 1 rings (SSSR count). The van der Waals surface area contributed by atoms with Gasteiger partial charge in [0.25, 0.3) is 0 Å². The van der Waals surface area contributed by atoms with Crippen molar-refractivity contribution < 1.29 is 9.47 Å². The van der Waals surface area contributed by atoms with Crippen LogP contribution >= 0.6 is 0 Å². The number of hydrogen-bond donors (Lipinski definition) is 2. The van der Waals surface area contributed by atoms with Crippen molar-refractivity contribution in [1.29, 1.82) is 0 Å². The second-order valence-corrected chi connectivity index (χ2v) is 4.66. The molecule has 1 aromatic carbocycles. The normalized spacial score (nSPS) is 12.2. The average Bonchev–Trinajstić information content (AvgIpc) is 2.45. The molecular weight excluding hydrogens is 240 g/mol. The van der Waals surface area contributed by atoms with E-state index in [2.05, 4.69) is 24.5 Å². The van der Waals surface area contributed by atoms with E-state index in [0.717, 1.165) is 36.7 Å². The highest BCUT2D eigenvalue weighted by molar-refractivity contribution is 5.40. The Labute approximate surface area is 116 Å². The minimum Gasteiger partial charge on any atom is -0.497 e. The van der Waals surface area contributed by atoms with Gasteiger partial charge >= 0.3 is 0 Å². The van der Waals surface area contributed by atoms with Gasteiger partial charge in [0.05, 0.1) is 14.2 Å². The lowest BCUT2D eigenvalue weighted by Crippen LogP contribution is -2.36. The first-order valence-electron chi connectivity index (χ1n) is 6.86. The van der Waals surface area contributed by atoms with Gasteiger partial charge in [0.15, 0.2) is 0 Å². The molecule has 1 unspecified atom stereocenters. The van der Waals surface area contributed by atoms with Crippen LogP contribution in [0.2, 0.25) is 0 Å². The Morgan fingerprint density at radius 3 is 2.63 bits per heavy atom. The highest BCUT2D eigenvalue weighted by atomic mass is 16.5. The molecule has 0 aliphatic rings. The summed E-state index contributed by atoms with van der Waals surface area (Å²) in [4.78, 5) is 0. The Bertz CT molecular complexity index is 369. The topological polar surface area (TPSA) is 42.5 Å². The molecule has 2 N–H and O–H groups in total. The summed E-state index contributed by atoms with van der Waals surface area (Å²) in [6, 6.07) is 6.34. The molecule has 0 saturated heterocycles. The van der Waals surface area contributed by atoms with E-state index in [1.807, 2.05) is 18.2 Å². The Balaban J connectivity index is 2.47. The summed E-state index contributed by atoms with van der Waals surface area (Å²) in [6.45, 7) is 7.19. The molecular formula is C15H26N2O2. The molecule has 0 radical (unpaired) electrons. The number of rotatable bonds is 9. The second-order valence-electron chi connectivity index (χ2n) is 4.66. The van der Waals surface area contributed by atoms with Crippen LogP contribution in [0.4, 0.5) is 0 Å². The van der Waals surface area contributed by atoms with Gasteiger partial charge in [-0.2, -0.15) is 0 Å². The monoisotopic (exact) mass is 266 g/mol. The predicted octanol–water partition coefficient (Wildman–Crippen LogP) is 2.18. The molecule has 0 aromatic heterocycles. The van der Waals surface area contributed by atoms with Crippen LogP contribution < -0.4 is 20.1 Å². The first-order valence-corrected chi connectivity index (χ1v) is 6.86. The molecule has 0 fully saturated rings. The summed E-state index contributed by atoms with van der Waals surface area (Å²) in [5, 5.41) is 6.89. The molecule has 0 spiro atoms. The van der Waals surface area contributed by atoms with E-state index in [1.54, 1.807) is 14.2 Å². The third-order valence-corrected chi connectivity index (χ3v) is 3.01. The van der Waals surface area contributed by atoms with E-state index < -0.39 is 0 Å². The van der Waals surface area contributed by atoms with Crippen LogP contribution in [-0.2, 0) is 6.54 Å². The zero-order valence-electron chi connectivity index (χ0n) is 12.5. The van der Waals surface area contributed by atoms with E-state index in [9.17, 15) is 0 Å². The summed E-state index contributed by atoms with van der Waals surface area (Å²) in [7, 11) is 3.35. The standard InChI is InChI=1S/C15H26N2O2/c1-5-8-16-10-12(2)17-11-13-6-7-14(18-3)9-15(13)19-4/h6-7,9,12,16-17H,5,8,10-11H2,1-4H3. The predicted molar refractivity (Wildman–Crippen MR) is 79.0 cm³/mol. The van der Waals surface area contributed by atoms with E-state index in [4.69, 9.17) is 9.47 Å². The van der Waals surface area contributed by atoms with Crippen LogP contribution in [0.5, 0.6) is 11.5 Å². The van der Waals surface area contributed by atoms with E-state index in [-0.39, 0.29) is 0 Å². The number of methoxy groups -OCH3 is 2. The van der Waals surface area contributed by atoms with Crippen LogP contribution in [0, 0.1) is 0 Å². The van der Waals surface area contributed by atoms with Crippen molar-refractivity contribution in [3.63, 3.8) is 0 Å². The summed E-state index contributed by atoms with van der Waals surface area (Å²) >= 11 is 0. The fourth-order valence-corrected chi connectivity index (χ4v) is 1.85. The minimum atomic E-state index is 0.429. The van der Waals surface area contributed by atoms with Gasteiger partial charge in [-0.3, -0.25) is 0 Å². The smallest absolute Gasteiger partial charge is 0.127 e. The summed E-state index contributed by atoms with van der Waals surface area (Å²) < 4.78 is 10.6. The molecule has 0 aliphatic carbocycles. The van der Waals surface area contributed by atoms with Crippen molar-refractivity contribution in [2.45, 2.75) is 32.9 Å². The molecule has 0 saturated carbocycles. The largest absolute Gasteiger partial charge is 0.497 e. The summed E-state index contributed by atoms with van der Waals surface area (Å²) in [6.07, 6.45) is 1.17. The van der Waals surface area contributed by atoms with Crippen LogP contribution in [0.1, 0.15) is 25.8 Å². The number of ether oxygens (including phenoxy) is 2.